The quantitative estimate of drug-likeness (QED) is 0.726. The second kappa shape index (κ2) is 9.59. The van der Waals surface area contributed by atoms with Crippen LogP contribution in [-0.4, -0.2) is 37.7 Å². The van der Waals surface area contributed by atoms with Crippen molar-refractivity contribution in [2.24, 2.45) is 0 Å². The number of rotatable bonds is 6. The van der Waals surface area contributed by atoms with Crippen molar-refractivity contribution in [3.05, 3.63) is 54.1 Å². The smallest absolute Gasteiger partial charge is 0.325 e. The molecule has 0 bridgehead atoms. The van der Waals surface area contributed by atoms with Crippen molar-refractivity contribution in [2.75, 3.05) is 25.1 Å². The number of nitrogens with one attached hydrogen (secondary N) is 2. The molecule has 0 spiro atoms. The van der Waals surface area contributed by atoms with Crippen LogP contribution in [0.2, 0.25) is 0 Å². The van der Waals surface area contributed by atoms with E-state index < -0.39 is 24.5 Å². The number of urea groups is 1. The number of carbonyl (C=O) groups is 3. The Morgan fingerprint density at radius 1 is 1.03 bits per heavy atom. The fourth-order valence-corrected chi connectivity index (χ4v) is 2.80. The third-order valence-corrected chi connectivity index (χ3v) is 4.26. The second-order valence-electron chi connectivity index (χ2n) is 6.54. The van der Waals surface area contributed by atoms with E-state index in [0.29, 0.717) is 30.4 Å². The van der Waals surface area contributed by atoms with E-state index in [0.717, 1.165) is 5.56 Å². The molecule has 0 aliphatic carbocycles. The highest BCUT2D eigenvalue weighted by atomic mass is 16.6. The average Bonchev–Trinajstić information content (AvgIpc) is 2.72. The first kappa shape index (κ1) is 20.2. The molecule has 2 N–H and O–H groups in total. The first-order valence-electron chi connectivity index (χ1n) is 9.22. The van der Waals surface area contributed by atoms with E-state index in [2.05, 4.69) is 10.6 Å². The van der Waals surface area contributed by atoms with Crippen LogP contribution in [0.1, 0.15) is 24.8 Å². The number of hydrogen-bond donors (Lipinski definition) is 2. The fourth-order valence-electron chi connectivity index (χ4n) is 2.80. The van der Waals surface area contributed by atoms with Crippen molar-refractivity contribution in [2.45, 2.75) is 19.3 Å². The molecule has 0 radical (unpaired) electrons. The summed E-state index contributed by atoms with van der Waals surface area (Å²) < 4.78 is 15.8. The molecule has 3 rings (SSSR count). The van der Waals surface area contributed by atoms with E-state index in [1.54, 1.807) is 18.2 Å². The molecule has 1 atom stereocenters. The molecule has 1 aliphatic rings. The molecule has 0 saturated heterocycles. The molecule has 8 heteroatoms. The van der Waals surface area contributed by atoms with Gasteiger partial charge in [0.05, 0.1) is 6.42 Å². The van der Waals surface area contributed by atoms with E-state index in [4.69, 9.17) is 14.2 Å². The van der Waals surface area contributed by atoms with Crippen LogP contribution in [0.4, 0.5) is 10.5 Å². The Labute approximate surface area is 168 Å². The lowest BCUT2D eigenvalue weighted by atomic mass is 9.98. The van der Waals surface area contributed by atoms with Gasteiger partial charge in [0.2, 0.25) is 0 Å². The predicted octanol–water partition coefficient (Wildman–Crippen LogP) is 2.84. The van der Waals surface area contributed by atoms with Gasteiger partial charge in [0.15, 0.2) is 18.1 Å². The first-order chi connectivity index (χ1) is 14.0. The standard InChI is InChI=1S/C21H22N2O6/c1-14(15-5-3-2-4-6-15)11-20(25)29-13-19(24)23-21(26)22-16-7-8-17-18(12-16)28-10-9-27-17/h2-8,12,14H,9-11,13H2,1H3,(H2,22,23,24,26)/t14-/m1/s1. The molecule has 2 aromatic carbocycles. The van der Waals surface area contributed by atoms with Gasteiger partial charge in [-0.15, -0.1) is 0 Å². The minimum Gasteiger partial charge on any atom is -0.486 e. The van der Waals surface area contributed by atoms with E-state index in [-0.39, 0.29) is 12.3 Å². The number of amides is 3. The zero-order valence-corrected chi connectivity index (χ0v) is 16.0. The fraction of sp³-hybridized carbons (Fsp3) is 0.286. The Morgan fingerprint density at radius 2 is 1.76 bits per heavy atom. The molecule has 1 aliphatic heterocycles. The third-order valence-electron chi connectivity index (χ3n) is 4.26. The maximum Gasteiger partial charge on any atom is 0.325 e. The Bertz CT molecular complexity index is 884. The van der Waals surface area contributed by atoms with E-state index in [9.17, 15) is 14.4 Å². The van der Waals surface area contributed by atoms with Gasteiger partial charge >= 0.3 is 12.0 Å². The van der Waals surface area contributed by atoms with Crippen LogP contribution in [0.25, 0.3) is 0 Å². The van der Waals surface area contributed by atoms with Crippen LogP contribution in [0, 0.1) is 0 Å². The summed E-state index contributed by atoms with van der Waals surface area (Å²) in [6.45, 7) is 2.26. The van der Waals surface area contributed by atoms with Crippen LogP contribution in [0.3, 0.4) is 0 Å². The Hall–Kier alpha value is -3.55. The third kappa shape index (κ3) is 5.97. The van der Waals surface area contributed by atoms with Crippen LogP contribution >= 0.6 is 0 Å². The molecule has 0 fully saturated rings. The molecular weight excluding hydrogens is 376 g/mol. The maximum absolute atomic E-state index is 11.9. The Morgan fingerprint density at radius 3 is 2.52 bits per heavy atom. The van der Waals surface area contributed by atoms with Crippen molar-refractivity contribution in [1.82, 2.24) is 5.32 Å². The summed E-state index contributed by atoms with van der Waals surface area (Å²) >= 11 is 0. The highest BCUT2D eigenvalue weighted by Gasteiger charge is 2.16. The number of carbonyl (C=O) groups excluding carboxylic acids is 3. The van der Waals surface area contributed by atoms with E-state index in [1.807, 2.05) is 37.3 Å². The van der Waals surface area contributed by atoms with Crippen LogP contribution in [0.5, 0.6) is 11.5 Å². The summed E-state index contributed by atoms with van der Waals surface area (Å²) in [6, 6.07) is 13.7. The van der Waals surface area contributed by atoms with Gasteiger partial charge < -0.3 is 19.5 Å². The van der Waals surface area contributed by atoms with Gasteiger partial charge in [0.1, 0.15) is 13.2 Å². The normalized spacial score (nSPS) is 13.1. The summed E-state index contributed by atoms with van der Waals surface area (Å²) in [4.78, 5) is 35.7. The van der Waals surface area contributed by atoms with Gasteiger partial charge in [-0.25, -0.2) is 4.79 Å². The monoisotopic (exact) mass is 398 g/mol. The zero-order valence-electron chi connectivity index (χ0n) is 16.0. The van der Waals surface area contributed by atoms with Crippen LogP contribution in [-0.2, 0) is 14.3 Å². The molecule has 3 amide bonds. The number of hydrogen-bond acceptors (Lipinski definition) is 6. The molecule has 0 aromatic heterocycles. The van der Waals surface area contributed by atoms with Gasteiger partial charge in [-0.1, -0.05) is 37.3 Å². The highest BCUT2D eigenvalue weighted by molar-refractivity contribution is 6.02. The highest BCUT2D eigenvalue weighted by Crippen LogP contribution is 2.32. The number of esters is 1. The minimum atomic E-state index is -0.736. The molecule has 8 nitrogen and oxygen atoms in total. The SMILES string of the molecule is C[C@H](CC(=O)OCC(=O)NC(=O)Nc1ccc2c(c1)OCCO2)c1ccccc1. The summed E-state index contributed by atoms with van der Waals surface area (Å²) in [5.41, 5.74) is 1.45. The van der Waals surface area contributed by atoms with Crippen molar-refractivity contribution >= 4 is 23.6 Å². The number of fused-ring (bicyclic) bond motifs is 1. The lowest BCUT2D eigenvalue weighted by Gasteiger charge is -2.19. The zero-order chi connectivity index (χ0) is 20.6. The Balaban J connectivity index is 1.41. The van der Waals surface area contributed by atoms with Crippen molar-refractivity contribution < 1.29 is 28.6 Å². The van der Waals surface area contributed by atoms with E-state index >= 15 is 0 Å². The summed E-state index contributed by atoms with van der Waals surface area (Å²) in [7, 11) is 0. The topological polar surface area (TPSA) is 103 Å². The van der Waals surface area contributed by atoms with Crippen molar-refractivity contribution in [3.63, 3.8) is 0 Å². The minimum absolute atomic E-state index is 0.0368. The predicted molar refractivity (Wildman–Crippen MR) is 105 cm³/mol. The van der Waals surface area contributed by atoms with Gasteiger partial charge in [-0.05, 0) is 23.6 Å². The lowest BCUT2D eigenvalue weighted by Crippen LogP contribution is -2.37. The summed E-state index contributed by atoms with van der Waals surface area (Å²) in [5, 5.41) is 4.63. The van der Waals surface area contributed by atoms with Crippen molar-refractivity contribution in [3.8, 4) is 11.5 Å². The number of ether oxygens (including phenoxy) is 3. The maximum atomic E-state index is 11.9. The number of benzene rings is 2. The van der Waals surface area contributed by atoms with E-state index in [1.165, 1.54) is 0 Å². The first-order valence-corrected chi connectivity index (χ1v) is 9.22. The largest absolute Gasteiger partial charge is 0.486 e. The molecule has 2 aromatic rings. The summed E-state index contributed by atoms with van der Waals surface area (Å²) in [6.07, 6.45) is 0.140. The average molecular weight is 398 g/mol. The van der Waals surface area contributed by atoms with Gasteiger partial charge in [0.25, 0.3) is 5.91 Å². The molecular formula is C21H22N2O6. The number of anilines is 1. The summed E-state index contributed by atoms with van der Waals surface area (Å²) in [5.74, 6) is -0.161. The van der Waals surface area contributed by atoms with Gasteiger partial charge in [-0.3, -0.25) is 14.9 Å². The molecule has 152 valence electrons. The van der Waals surface area contributed by atoms with Gasteiger partial charge in [-0.2, -0.15) is 0 Å². The van der Waals surface area contributed by atoms with Crippen LogP contribution in [0.15, 0.2) is 48.5 Å². The molecule has 0 saturated carbocycles. The Kier molecular flexibility index (Phi) is 6.67. The van der Waals surface area contributed by atoms with Crippen molar-refractivity contribution in [1.29, 1.82) is 0 Å². The lowest BCUT2D eigenvalue weighted by molar-refractivity contribution is -0.148. The molecule has 1 heterocycles. The van der Waals surface area contributed by atoms with Crippen LogP contribution < -0.4 is 20.1 Å². The molecule has 29 heavy (non-hydrogen) atoms. The van der Waals surface area contributed by atoms with Gasteiger partial charge in [0, 0.05) is 11.8 Å². The molecule has 0 unspecified atom stereocenters. The second-order valence-corrected chi connectivity index (χ2v) is 6.54. The number of imide groups is 1.